The van der Waals surface area contributed by atoms with E-state index in [0.717, 1.165) is 16.3 Å². The number of fused-ring (bicyclic) bond motifs is 1. The predicted molar refractivity (Wildman–Crippen MR) is 93.9 cm³/mol. The van der Waals surface area contributed by atoms with Crippen molar-refractivity contribution in [3.05, 3.63) is 48.5 Å². The van der Waals surface area contributed by atoms with Crippen LogP contribution in [-0.4, -0.2) is 26.8 Å². The number of nitrogens with zero attached hydrogens (tertiary/aromatic N) is 1. The maximum atomic E-state index is 13.0. The van der Waals surface area contributed by atoms with Gasteiger partial charge in [0.15, 0.2) is 0 Å². The molecule has 0 amide bonds. The number of ether oxygens (including phenoxy) is 1. The van der Waals surface area contributed by atoms with Gasteiger partial charge in [0.25, 0.3) is 10.0 Å². The van der Waals surface area contributed by atoms with E-state index in [9.17, 15) is 8.42 Å². The van der Waals surface area contributed by atoms with E-state index in [0.29, 0.717) is 12.3 Å². The third-order valence-electron chi connectivity index (χ3n) is 3.47. The zero-order chi connectivity index (χ0) is 16.4. The summed E-state index contributed by atoms with van der Waals surface area (Å²) in [5, 5.41) is 0. The van der Waals surface area contributed by atoms with Crippen molar-refractivity contribution in [2.45, 2.75) is 29.7 Å². The number of rotatable bonds is 4. The average Bonchev–Trinajstić information content (AvgIpc) is 2.54. The molecule has 0 fully saturated rings. The Hall–Kier alpha value is -1.66. The molecule has 0 N–H and O–H groups in total. The van der Waals surface area contributed by atoms with Crippen molar-refractivity contribution >= 4 is 27.5 Å². The van der Waals surface area contributed by atoms with Crippen molar-refractivity contribution in [2.75, 3.05) is 16.6 Å². The summed E-state index contributed by atoms with van der Waals surface area (Å²) in [5.41, 5.74) is 0.756. The van der Waals surface area contributed by atoms with E-state index in [4.69, 9.17) is 4.74 Å². The summed E-state index contributed by atoms with van der Waals surface area (Å²) < 4.78 is 33.0. The third-order valence-corrected chi connectivity index (χ3v) is 6.34. The van der Waals surface area contributed by atoms with Crippen molar-refractivity contribution in [1.29, 1.82) is 0 Å². The van der Waals surface area contributed by atoms with Gasteiger partial charge in [0.05, 0.1) is 16.7 Å². The SMILES string of the molecule is CC(C)Oc1ccc(S(=O)(=O)N2CCSc3ccccc32)cc1. The lowest BCUT2D eigenvalue weighted by Gasteiger charge is -2.30. The summed E-state index contributed by atoms with van der Waals surface area (Å²) in [5.74, 6) is 1.43. The molecule has 122 valence electrons. The predicted octanol–water partition coefficient (Wildman–Crippen LogP) is 3.77. The van der Waals surface area contributed by atoms with E-state index in [1.165, 1.54) is 4.31 Å². The molecular weight excluding hydrogens is 330 g/mol. The molecule has 6 heteroatoms. The largest absolute Gasteiger partial charge is 0.491 e. The van der Waals surface area contributed by atoms with Crippen LogP contribution in [0, 0.1) is 0 Å². The molecule has 2 aromatic carbocycles. The van der Waals surface area contributed by atoms with Crippen LogP contribution in [0.5, 0.6) is 5.75 Å². The quantitative estimate of drug-likeness (QED) is 0.843. The van der Waals surface area contributed by atoms with Crippen LogP contribution in [-0.2, 0) is 10.0 Å². The molecule has 1 aliphatic rings. The van der Waals surface area contributed by atoms with Gasteiger partial charge in [-0.3, -0.25) is 4.31 Å². The van der Waals surface area contributed by atoms with Gasteiger partial charge in [-0.2, -0.15) is 0 Å². The highest BCUT2D eigenvalue weighted by molar-refractivity contribution is 8.00. The van der Waals surface area contributed by atoms with Gasteiger partial charge >= 0.3 is 0 Å². The van der Waals surface area contributed by atoms with Crippen LogP contribution in [0.3, 0.4) is 0 Å². The maximum Gasteiger partial charge on any atom is 0.264 e. The second kappa shape index (κ2) is 6.45. The minimum atomic E-state index is -3.56. The molecule has 2 aromatic rings. The zero-order valence-electron chi connectivity index (χ0n) is 13.1. The van der Waals surface area contributed by atoms with E-state index >= 15 is 0 Å². The summed E-state index contributed by atoms with van der Waals surface area (Å²) in [7, 11) is -3.56. The molecule has 3 rings (SSSR count). The molecule has 0 atom stereocenters. The molecule has 0 saturated heterocycles. The van der Waals surface area contributed by atoms with Crippen LogP contribution in [0.2, 0.25) is 0 Å². The first-order valence-corrected chi connectivity index (χ1v) is 9.92. The molecule has 23 heavy (non-hydrogen) atoms. The van der Waals surface area contributed by atoms with E-state index in [2.05, 4.69) is 0 Å². The topological polar surface area (TPSA) is 46.6 Å². The van der Waals surface area contributed by atoms with E-state index < -0.39 is 10.0 Å². The van der Waals surface area contributed by atoms with Crippen LogP contribution in [0.25, 0.3) is 0 Å². The highest BCUT2D eigenvalue weighted by Crippen LogP contribution is 2.37. The summed E-state index contributed by atoms with van der Waals surface area (Å²) >= 11 is 1.69. The third kappa shape index (κ3) is 3.33. The first kappa shape index (κ1) is 16.2. The van der Waals surface area contributed by atoms with Crippen molar-refractivity contribution < 1.29 is 13.2 Å². The molecule has 0 unspecified atom stereocenters. The first-order valence-electron chi connectivity index (χ1n) is 7.50. The van der Waals surface area contributed by atoms with Gasteiger partial charge in [0.1, 0.15) is 5.75 Å². The molecule has 0 radical (unpaired) electrons. The van der Waals surface area contributed by atoms with Gasteiger partial charge < -0.3 is 4.74 Å². The van der Waals surface area contributed by atoms with Gasteiger partial charge in [0.2, 0.25) is 0 Å². The highest BCUT2D eigenvalue weighted by Gasteiger charge is 2.29. The van der Waals surface area contributed by atoms with Crippen molar-refractivity contribution in [3.8, 4) is 5.75 Å². The summed E-state index contributed by atoms with van der Waals surface area (Å²) in [6.07, 6.45) is 0.0588. The number of hydrogen-bond acceptors (Lipinski definition) is 4. The van der Waals surface area contributed by atoms with E-state index in [1.807, 2.05) is 38.1 Å². The number of anilines is 1. The molecule has 0 aromatic heterocycles. The van der Waals surface area contributed by atoms with Crippen molar-refractivity contribution in [1.82, 2.24) is 0 Å². The Labute approximate surface area is 141 Å². The van der Waals surface area contributed by atoms with E-state index in [1.54, 1.807) is 36.0 Å². The van der Waals surface area contributed by atoms with Gasteiger partial charge in [-0.05, 0) is 50.2 Å². The summed E-state index contributed by atoms with van der Waals surface area (Å²) in [6, 6.07) is 14.2. The summed E-state index contributed by atoms with van der Waals surface area (Å²) in [6.45, 7) is 4.36. The molecule has 0 bridgehead atoms. The lowest BCUT2D eigenvalue weighted by atomic mass is 10.3. The van der Waals surface area contributed by atoms with Gasteiger partial charge in [-0.15, -0.1) is 11.8 Å². The highest BCUT2D eigenvalue weighted by atomic mass is 32.2. The molecule has 0 saturated carbocycles. The Bertz CT molecular complexity index is 786. The number of hydrogen-bond donors (Lipinski definition) is 0. The fraction of sp³-hybridized carbons (Fsp3) is 0.294. The Morgan fingerprint density at radius 1 is 1.09 bits per heavy atom. The van der Waals surface area contributed by atoms with Gasteiger partial charge in [-0.1, -0.05) is 12.1 Å². The number of para-hydroxylation sites is 1. The minimum absolute atomic E-state index is 0.0588. The second-order valence-electron chi connectivity index (χ2n) is 5.53. The Morgan fingerprint density at radius 3 is 2.48 bits per heavy atom. The van der Waals surface area contributed by atoms with Crippen molar-refractivity contribution in [2.24, 2.45) is 0 Å². The number of sulfonamides is 1. The van der Waals surface area contributed by atoms with Gasteiger partial charge in [0, 0.05) is 17.2 Å². The second-order valence-corrected chi connectivity index (χ2v) is 8.53. The smallest absolute Gasteiger partial charge is 0.264 e. The van der Waals surface area contributed by atoms with E-state index in [-0.39, 0.29) is 11.0 Å². The van der Waals surface area contributed by atoms with Crippen LogP contribution < -0.4 is 9.04 Å². The minimum Gasteiger partial charge on any atom is -0.491 e. The first-order chi connectivity index (χ1) is 11.0. The molecule has 0 aliphatic carbocycles. The maximum absolute atomic E-state index is 13.0. The molecular formula is C17H19NO3S2. The van der Waals surface area contributed by atoms with Crippen LogP contribution >= 0.6 is 11.8 Å². The van der Waals surface area contributed by atoms with Crippen LogP contribution in [0.15, 0.2) is 58.3 Å². The Kier molecular flexibility index (Phi) is 4.55. The van der Waals surface area contributed by atoms with Crippen LogP contribution in [0.1, 0.15) is 13.8 Å². The fourth-order valence-electron chi connectivity index (χ4n) is 2.48. The number of benzene rings is 2. The monoisotopic (exact) mass is 349 g/mol. The number of thioether (sulfide) groups is 1. The van der Waals surface area contributed by atoms with Gasteiger partial charge in [-0.25, -0.2) is 8.42 Å². The average molecular weight is 349 g/mol. The fourth-order valence-corrected chi connectivity index (χ4v) is 5.14. The zero-order valence-corrected chi connectivity index (χ0v) is 14.7. The Morgan fingerprint density at radius 2 is 1.78 bits per heavy atom. The lowest BCUT2D eigenvalue weighted by molar-refractivity contribution is 0.242. The standard InChI is InChI=1S/C17H19NO3S2/c1-13(2)21-14-7-9-15(10-8-14)23(19,20)18-11-12-22-17-6-4-3-5-16(17)18/h3-10,13H,11-12H2,1-2H3. The molecule has 1 aliphatic heterocycles. The van der Waals surface area contributed by atoms with Crippen molar-refractivity contribution in [3.63, 3.8) is 0 Å². The summed E-state index contributed by atoms with van der Waals surface area (Å²) in [4.78, 5) is 1.29. The normalized spacial score (nSPS) is 14.7. The van der Waals surface area contributed by atoms with Crippen LogP contribution in [0.4, 0.5) is 5.69 Å². The molecule has 1 heterocycles. The lowest BCUT2D eigenvalue weighted by Crippen LogP contribution is -2.35. The Balaban J connectivity index is 1.93. The molecule has 4 nitrogen and oxygen atoms in total. The molecule has 0 spiro atoms.